The van der Waals surface area contributed by atoms with Crippen LogP contribution in [0.2, 0.25) is 0 Å². The van der Waals surface area contributed by atoms with Crippen molar-refractivity contribution in [1.82, 2.24) is 0 Å². The van der Waals surface area contributed by atoms with Gasteiger partial charge >= 0.3 is 0 Å². The number of para-hydroxylation sites is 4. The Labute approximate surface area is 296 Å². The van der Waals surface area contributed by atoms with Crippen molar-refractivity contribution in [3.63, 3.8) is 0 Å². The summed E-state index contributed by atoms with van der Waals surface area (Å²) in [7, 11) is 0. The SMILES string of the molecule is CC(C)(C)C1CCC2(CC1)c1cc(N(c3ccccc3)c3ccccc3)cc3ccc4cc(N(c5ccccc5)c5ccccc5)cc2c4c13. The molecule has 0 bridgehead atoms. The molecule has 0 amide bonds. The first-order valence-electron chi connectivity index (χ1n) is 18.3. The fraction of sp³-hybridized carbons (Fsp3) is 0.208. The average molecular weight is 649 g/mol. The maximum absolute atomic E-state index is 2.56. The van der Waals surface area contributed by atoms with Crippen molar-refractivity contribution in [2.45, 2.75) is 51.9 Å². The van der Waals surface area contributed by atoms with Gasteiger partial charge in [-0.3, -0.25) is 0 Å². The second-order valence-corrected chi connectivity index (χ2v) is 15.5. The van der Waals surface area contributed by atoms with Crippen LogP contribution in [0.3, 0.4) is 0 Å². The summed E-state index contributed by atoms with van der Waals surface area (Å²) < 4.78 is 0. The molecule has 7 aromatic carbocycles. The molecule has 1 fully saturated rings. The Hall–Kier alpha value is -5.34. The molecule has 2 aliphatic rings. The highest BCUT2D eigenvalue weighted by Gasteiger charge is 2.46. The standard InChI is InChI=1S/C48H44N2/c1-47(2,3)36-26-28-48(29-27-36)43-32-41(49(37-16-8-4-9-17-37)38-18-10-5-11-19-38)30-34-24-25-35-31-42(33-44(48)46(35)45(34)43)50(39-20-12-6-13-21-39)40-22-14-7-15-23-40/h4-25,30-33,36H,26-29H2,1-3H3. The molecule has 246 valence electrons. The van der Waals surface area contributed by atoms with Gasteiger partial charge in [0.05, 0.1) is 0 Å². The molecule has 7 aromatic rings. The second kappa shape index (κ2) is 11.9. The lowest BCUT2D eigenvalue weighted by atomic mass is 9.60. The molecule has 0 atom stereocenters. The molecule has 0 radical (unpaired) electrons. The van der Waals surface area contributed by atoms with Crippen LogP contribution in [0.4, 0.5) is 34.1 Å². The second-order valence-electron chi connectivity index (χ2n) is 15.5. The van der Waals surface area contributed by atoms with Gasteiger partial charge in [0.1, 0.15) is 0 Å². The normalized spacial score (nSPS) is 15.3. The Bertz CT molecular complexity index is 2070. The van der Waals surface area contributed by atoms with Crippen molar-refractivity contribution in [3.05, 3.63) is 169 Å². The highest BCUT2D eigenvalue weighted by molar-refractivity contribution is 6.17. The summed E-state index contributed by atoms with van der Waals surface area (Å²) >= 11 is 0. The van der Waals surface area contributed by atoms with Crippen molar-refractivity contribution >= 4 is 55.7 Å². The van der Waals surface area contributed by atoms with Gasteiger partial charge in [-0.1, -0.05) is 106 Å². The minimum absolute atomic E-state index is 0.0496. The molecule has 0 aromatic heterocycles. The molecule has 2 aliphatic carbocycles. The van der Waals surface area contributed by atoms with Crippen LogP contribution >= 0.6 is 0 Å². The number of rotatable bonds is 6. The van der Waals surface area contributed by atoms with Crippen LogP contribution in [0, 0.1) is 11.3 Å². The molecule has 0 saturated heterocycles. The Morgan fingerprint density at radius 2 is 0.780 bits per heavy atom. The summed E-state index contributed by atoms with van der Waals surface area (Å²) in [5.74, 6) is 0.712. The first-order valence-corrected chi connectivity index (χ1v) is 18.3. The zero-order valence-corrected chi connectivity index (χ0v) is 29.3. The van der Waals surface area contributed by atoms with E-state index in [0.29, 0.717) is 11.3 Å². The molecule has 9 rings (SSSR count). The van der Waals surface area contributed by atoms with E-state index in [1.165, 1.54) is 79.6 Å². The van der Waals surface area contributed by atoms with Crippen LogP contribution in [0.25, 0.3) is 21.5 Å². The van der Waals surface area contributed by atoms with Gasteiger partial charge in [-0.15, -0.1) is 0 Å². The zero-order chi connectivity index (χ0) is 33.9. The zero-order valence-electron chi connectivity index (χ0n) is 29.3. The number of fused-ring (bicyclic) bond motifs is 2. The summed E-state index contributed by atoms with van der Waals surface area (Å²) in [5, 5.41) is 5.56. The number of anilines is 6. The third kappa shape index (κ3) is 5.00. The first kappa shape index (κ1) is 30.7. The maximum atomic E-state index is 2.56. The van der Waals surface area contributed by atoms with Crippen LogP contribution in [0.15, 0.2) is 158 Å². The Morgan fingerprint density at radius 3 is 1.10 bits per heavy atom. The molecule has 2 heteroatoms. The van der Waals surface area contributed by atoms with E-state index in [9.17, 15) is 0 Å². The van der Waals surface area contributed by atoms with Gasteiger partial charge in [-0.25, -0.2) is 0 Å². The fourth-order valence-corrected chi connectivity index (χ4v) is 9.17. The molecule has 2 nitrogen and oxygen atoms in total. The molecule has 50 heavy (non-hydrogen) atoms. The number of hydrogen-bond acceptors (Lipinski definition) is 2. The van der Waals surface area contributed by atoms with Gasteiger partial charge < -0.3 is 9.80 Å². The predicted octanol–water partition coefficient (Wildman–Crippen LogP) is 13.8. The van der Waals surface area contributed by atoms with E-state index in [4.69, 9.17) is 0 Å². The van der Waals surface area contributed by atoms with Gasteiger partial charge in [0.15, 0.2) is 0 Å². The molecule has 0 N–H and O–H groups in total. The largest absolute Gasteiger partial charge is 0.310 e. The summed E-state index contributed by atoms with van der Waals surface area (Å²) in [6.07, 6.45) is 4.79. The molecular weight excluding hydrogens is 605 g/mol. The van der Waals surface area contributed by atoms with Crippen LogP contribution in [0.1, 0.15) is 57.6 Å². The molecular formula is C48H44N2. The number of hydrogen-bond donors (Lipinski definition) is 0. The lowest BCUT2D eigenvalue weighted by Crippen LogP contribution is -2.35. The van der Waals surface area contributed by atoms with E-state index < -0.39 is 0 Å². The van der Waals surface area contributed by atoms with Crippen molar-refractivity contribution in [1.29, 1.82) is 0 Å². The number of nitrogens with zero attached hydrogens (tertiary/aromatic N) is 2. The minimum Gasteiger partial charge on any atom is -0.310 e. The Kier molecular flexibility index (Phi) is 7.32. The third-order valence-corrected chi connectivity index (χ3v) is 11.7. The summed E-state index contributed by atoms with van der Waals surface area (Å²) in [6.45, 7) is 7.31. The van der Waals surface area contributed by atoms with E-state index in [1.807, 2.05) is 0 Å². The predicted molar refractivity (Wildman–Crippen MR) is 213 cm³/mol. The Balaban J connectivity index is 1.28. The monoisotopic (exact) mass is 648 g/mol. The van der Waals surface area contributed by atoms with Crippen LogP contribution < -0.4 is 9.80 Å². The van der Waals surface area contributed by atoms with E-state index >= 15 is 0 Å². The van der Waals surface area contributed by atoms with E-state index in [-0.39, 0.29) is 5.41 Å². The first-order chi connectivity index (χ1) is 24.4. The fourth-order valence-electron chi connectivity index (χ4n) is 9.17. The molecule has 1 spiro atoms. The lowest BCUT2D eigenvalue weighted by molar-refractivity contribution is 0.148. The van der Waals surface area contributed by atoms with Crippen molar-refractivity contribution in [3.8, 4) is 0 Å². The molecule has 0 aliphatic heterocycles. The van der Waals surface area contributed by atoms with Crippen molar-refractivity contribution < 1.29 is 0 Å². The Morgan fingerprint density at radius 1 is 0.440 bits per heavy atom. The van der Waals surface area contributed by atoms with Gasteiger partial charge in [0, 0.05) is 39.5 Å². The summed E-state index contributed by atoms with van der Waals surface area (Å²) in [4.78, 5) is 4.88. The van der Waals surface area contributed by atoms with E-state index in [0.717, 1.165) is 12.8 Å². The quantitative estimate of drug-likeness (QED) is 0.166. The van der Waals surface area contributed by atoms with E-state index in [2.05, 4.69) is 188 Å². The smallest absolute Gasteiger partial charge is 0.0471 e. The molecule has 0 heterocycles. The van der Waals surface area contributed by atoms with E-state index in [1.54, 1.807) is 0 Å². The maximum Gasteiger partial charge on any atom is 0.0471 e. The topological polar surface area (TPSA) is 6.48 Å². The van der Waals surface area contributed by atoms with Gasteiger partial charge in [0.25, 0.3) is 0 Å². The highest BCUT2D eigenvalue weighted by Crippen LogP contribution is 2.60. The van der Waals surface area contributed by atoms with Crippen LogP contribution in [-0.4, -0.2) is 0 Å². The lowest BCUT2D eigenvalue weighted by Gasteiger charge is -2.44. The molecule has 0 unspecified atom stereocenters. The van der Waals surface area contributed by atoms with Crippen molar-refractivity contribution in [2.75, 3.05) is 9.80 Å². The van der Waals surface area contributed by atoms with Crippen molar-refractivity contribution in [2.24, 2.45) is 11.3 Å². The third-order valence-electron chi connectivity index (χ3n) is 11.7. The van der Waals surface area contributed by atoms with Crippen LogP contribution in [0.5, 0.6) is 0 Å². The van der Waals surface area contributed by atoms with Gasteiger partial charge in [0.2, 0.25) is 0 Å². The van der Waals surface area contributed by atoms with Crippen LogP contribution in [-0.2, 0) is 5.41 Å². The molecule has 1 saturated carbocycles. The minimum atomic E-state index is -0.0496. The average Bonchev–Trinajstić information content (AvgIpc) is 3.41. The van der Waals surface area contributed by atoms with Gasteiger partial charge in [-0.05, 0) is 142 Å². The summed E-state index contributed by atoms with van der Waals surface area (Å²) in [6, 6.07) is 58.1. The number of benzene rings is 7. The summed E-state index contributed by atoms with van der Waals surface area (Å²) in [5.41, 5.74) is 10.4. The highest BCUT2D eigenvalue weighted by atomic mass is 15.1. The van der Waals surface area contributed by atoms with Gasteiger partial charge in [-0.2, -0.15) is 0 Å².